The number of H-pyrrole nitrogens is 1. The van der Waals surface area contributed by atoms with Crippen molar-refractivity contribution in [2.24, 2.45) is 0 Å². The van der Waals surface area contributed by atoms with Crippen LogP contribution in [0.3, 0.4) is 0 Å². The van der Waals surface area contributed by atoms with Crippen LogP contribution in [-0.2, 0) is 4.74 Å². The Morgan fingerprint density at radius 2 is 2.30 bits per heavy atom. The zero-order valence-corrected chi connectivity index (χ0v) is 12.4. The number of thiophene rings is 1. The van der Waals surface area contributed by atoms with E-state index < -0.39 is 11.5 Å². The van der Waals surface area contributed by atoms with Gasteiger partial charge in [-0.25, -0.2) is 4.79 Å². The van der Waals surface area contributed by atoms with Crippen molar-refractivity contribution in [2.45, 2.75) is 11.8 Å². The molecule has 0 amide bonds. The molecule has 0 aliphatic rings. The van der Waals surface area contributed by atoms with Gasteiger partial charge in [0, 0.05) is 10.3 Å². The Bertz CT molecular complexity index is 786. The molecule has 0 aliphatic heterocycles. The van der Waals surface area contributed by atoms with Crippen LogP contribution in [0.4, 0.5) is 5.69 Å². The smallest absolute Gasteiger partial charge is 0.350 e. The van der Waals surface area contributed by atoms with E-state index in [1.807, 2.05) is 6.07 Å². The molecular formula is C12H11N3O3S2. The molecule has 0 saturated heterocycles. The normalized spacial score (nSPS) is 10.4. The van der Waals surface area contributed by atoms with Gasteiger partial charge >= 0.3 is 5.97 Å². The Morgan fingerprint density at radius 1 is 1.60 bits per heavy atom. The number of hydrogen-bond donors (Lipinski definition) is 2. The minimum Gasteiger partial charge on any atom is -0.462 e. The number of nitriles is 1. The number of nitrogens with two attached hydrogens (primary N) is 1. The summed E-state index contributed by atoms with van der Waals surface area (Å²) < 4.78 is 4.93. The number of ether oxygens (including phenoxy) is 1. The van der Waals surface area contributed by atoms with Crippen molar-refractivity contribution < 1.29 is 9.53 Å². The summed E-state index contributed by atoms with van der Waals surface area (Å²) in [5.41, 5.74) is 5.74. The second-order valence-electron chi connectivity index (χ2n) is 3.74. The van der Waals surface area contributed by atoms with Crippen LogP contribution in [0.25, 0.3) is 10.2 Å². The van der Waals surface area contributed by atoms with Gasteiger partial charge in [-0.05, 0) is 13.2 Å². The van der Waals surface area contributed by atoms with Crippen LogP contribution >= 0.6 is 23.1 Å². The van der Waals surface area contributed by atoms with E-state index in [1.54, 1.807) is 13.2 Å². The number of fused-ring (bicyclic) bond motifs is 1. The molecule has 0 saturated carbocycles. The first-order chi connectivity index (χ1) is 9.54. The number of pyridine rings is 1. The summed E-state index contributed by atoms with van der Waals surface area (Å²) in [4.78, 5) is 27.4. The number of hydrogen-bond acceptors (Lipinski definition) is 7. The number of aromatic nitrogens is 1. The maximum absolute atomic E-state index is 11.8. The molecule has 8 heteroatoms. The molecule has 20 heavy (non-hydrogen) atoms. The third-order valence-electron chi connectivity index (χ3n) is 2.63. The third kappa shape index (κ3) is 2.15. The van der Waals surface area contributed by atoms with Gasteiger partial charge in [0.2, 0.25) is 0 Å². The Kier molecular flexibility index (Phi) is 4.01. The predicted molar refractivity (Wildman–Crippen MR) is 79.3 cm³/mol. The predicted octanol–water partition coefficient (Wildman–Crippen LogP) is 1.94. The zero-order valence-electron chi connectivity index (χ0n) is 10.8. The summed E-state index contributed by atoms with van der Waals surface area (Å²) >= 11 is 2.31. The summed E-state index contributed by atoms with van der Waals surface area (Å²) in [5.74, 6) is -0.530. The second kappa shape index (κ2) is 5.56. The molecule has 104 valence electrons. The number of carbonyl (C=O) groups excluding carboxylic acids is 1. The summed E-state index contributed by atoms with van der Waals surface area (Å²) in [6.07, 6.45) is 1.75. The topological polar surface area (TPSA) is 109 Å². The lowest BCUT2D eigenvalue weighted by Gasteiger charge is -2.03. The Balaban J connectivity index is 2.82. The van der Waals surface area contributed by atoms with Crippen molar-refractivity contribution in [1.82, 2.24) is 4.98 Å². The van der Waals surface area contributed by atoms with Crippen molar-refractivity contribution in [2.75, 3.05) is 18.6 Å². The molecule has 2 rings (SSSR count). The highest BCUT2D eigenvalue weighted by molar-refractivity contribution is 7.99. The molecule has 3 N–H and O–H groups in total. The van der Waals surface area contributed by atoms with Crippen LogP contribution in [0.1, 0.15) is 22.2 Å². The summed E-state index contributed by atoms with van der Waals surface area (Å²) in [5, 5.41) is 9.60. The van der Waals surface area contributed by atoms with Crippen LogP contribution in [0.5, 0.6) is 0 Å². The van der Waals surface area contributed by atoms with E-state index in [0.717, 1.165) is 11.3 Å². The van der Waals surface area contributed by atoms with Gasteiger partial charge < -0.3 is 15.5 Å². The zero-order chi connectivity index (χ0) is 14.9. The van der Waals surface area contributed by atoms with Crippen LogP contribution in [0, 0.1) is 11.3 Å². The molecule has 2 aromatic heterocycles. The van der Waals surface area contributed by atoms with E-state index in [2.05, 4.69) is 4.98 Å². The highest BCUT2D eigenvalue weighted by Crippen LogP contribution is 2.38. The van der Waals surface area contributed by atoms with E-state index in [1.165, 1.54) is 11.8 Å². The first-order valence-electron chi connectivity index (χ1n) is 5.64. The van der Waals surface area contributed by atoms with E-state index in [-0.39, 0.29) is 22.7 Å². The molecule has 0 aromatic carbocycles. The minimum atomic E-state index is -0.530. The lowest BCUT2D eigenvalue weighted by molar-refractivity contribution is 0.0533. The fraction of sp³-hybridized carbons (Fsp3) is 0.250. The molecule has 0 spiro atoms. The lowest BCUT2D eigenvalue weighted by atomic mass is 10.2. The highest BCUT2D eigenvalue weighted by Gasteiger charge is 2.22. The third-order valence-corrected chi connectivity index (χ3v) is 4.55. The number of anilines is 1. The molecule has 0 bridgehead atoms. The maximum Gasteiger partial charge on any atom is 0.350 e. The molecular weight excluding hydrogens is 298 g/mol. The standard InChI is InChI=1S/C12H11N3O3S2/c1-3-18-12(17)9-7(14)6-8(19-2)5(4-13)10(16)15-11(6)20-9/h3,14H2,1-2H3,(H,15,16). The van der Waals surface area contributed by atoms with E-state index in [0.29, 0.717) is 15.1 Å². The fourth-order valence-electron chi connectivity index (χ4n) is 1.81. The number of nitrogens with zero attached hydrogens (tertiary/aromatic N) is 1. The van der Waals surface area contributed by atoms with Gasteiger partial charge in [-0.1, -0.05) is 0 Å². The first kappa shape index (κ1) is 14.4. The number of nitrogens with one attached hydrogen (secondary N) is 1. The van der Waals surface area contributed by atoms with Gasteiger partial charge in [0.1, 0.15) is 21.3 Å². The second-order valence-corrected chi connectivity index (χ2v) is 5.58. The molecule has 6 nitrogen and oxygen atoms in total. The fourth-order valence-corrected chi connectivity index (χ4v) is 3.64. The van der Waals surface area contributed by atoms with Gasteiger partial charge in [-0.3, -0.25) is 4.79 Å². The Morgan fingerprint density at radius 3 is 2.85 bits per heavy atom. The Hall–Kier alpha value is -1.98. The van der Waals surface area contributed by atoms with Gasteiger partial charge in [0.25, 0.3) is 5.56 Å². The van der Waals surface area contributed by atoms with Gasteiger partial charge in [-0.15, -0.1) is 23.1 Å². The van der Waals surface area contributed by atoms with Gasteiger partial charge in [0.15, 0.2) is 0 Å². The number of nitrogen functional groups attached to an aromatic ring is 1. The summed E-state index contributed by atoms with van der Waals surface area (Å²) in [6.45, 7) is 1.94. The first-order valence-corrected chi connectivity index (χ1v) is 7.68. The van der Waals surface area contributed by atoms with Crippen LogP contribution < -0.4 is 11.3 Å². The van der Waals surface area contributed by atoms with Crippen LogP contribution in [0.2, 0.25) is 0 Å². The van der Waals surface area contributed by atoms with Crippen molar-refractivity contribution in [3.05, 3.63) is 20.8 Å². The molecule has 2 heterocycles. The van der Waals surface area contributed by atoms with Crippen molar-refractivity contribution in [3.8, 4) is 6.07 Å². The quantitative estimate of drug-likeness (QED) is 0.662. The van der Waals surface area contributed by atoms with Crippen molar-refractivity contribution >= 4 is 45.0 Å². The van der Waals surface area contributed by atoms with Crippen molar-refractivity contribution in [1.29, 1.82) is 5.26 Å². The van der Waals surface area contributed by atoms with Crippen LogP contribution in [0.15, 0.2) is 9.69 Å². The highest BCUT2D eigenvalue weighted by atomic mass is 32.2. The number of carbonyl (C=O) groups is 1. The van der Waals surface area contributed by atoms with E-state index in [4.69, 9.17) is 15.7 Å². The van der Waals surface area contributed by atoms with Crippen molar-refractivity contribution in [3.63, 3.8) is 0 Å². The monoisotopic (exact) mass is 309 g/mol. The maximum atomic E-state index is 11.8. The van der Waals surface area contributed by atoms with E-state index in [9.17, 15) is 9.59 Å². The number of aromatic amines is 1. The molecule has 0 fully saturated rings. The molecule has 2 aromatic rings. The number of rotatable bonds is 3. The number of esters is 1. The van der Waals surface area contributed by atoms with Gasteiger partial charge in [0.05, 0.1) is 12.3 Å². The number of thioether (sulfide) groups is 1. The minimum absolute atomic E-state index is 0.00455. The molecule has 0 unspecified atom stereocenters. The average molecular weight is 309 g/mol. The largest absolute Gasteiger partial charge is 0.462 e. The molecule has 0 atom stereocenters. The van der Waals surface area contributed by atoms with Gasteiger partial charge in [-0.2, -0.15) is 5.26 Å². The molecule has 0 radical (unpaired) electrons. The van der Waals surface area contributed by atoms with E-state index >= 15 is 0 Å². The lowest BCUT2D eigenvalue weighted by Crippen LogP contribution is -2.11. The average Bonchev–Trinajstić information content (AvgIpc) is 2.74. The summed E-state index contributed by atoms with van der Waals surface area (Å²) in [6, 6.07) is 1.87. The molecule has 0 aliphatic carbocycles. The van der Waals surface area contributed by atoms with Crippen LogP contribution in [-0.4, -0.2) is 23.8 Å². The summed E-state index contributed by atoms with van der Waals surface area (Å²) in [7, 11) is 0. The Labute approximate surface area is 122 Å². The SMILES string of the molecule is CCOC(=O)c1sc2[nH]c(=O)c(C#N)c(SC)c2c1N.